The van der Waals surface area contributed by atoms with Crippen LogP contribution in [0.4, 0.5) is 11.8 Å². The molecule has 0 radical (unpaired) electrons. The molecule has 1 aromatic carbocycles. The minimum Gasteiger partial charge on any atom is -0.441 e. The third kappa shape index (κ3) is 4.61. The zero-order valence-corrected chi connectivity index (χ0v) is 16.5. The third-order valence-corrected chi connectivity index (χ3v) is 5.49. The number of nitrogens with zero attached hydrogens (tertiary/aromatic N) is 4. The van der Waals surface area contributed by atoms with Crippen LogP contribution in [0.1, 0.15) is 12.8 Å². The van der Waals surface area contributed by atoms with E-state index in [1.165, 1.54) is 0 Å². The Kier molecular flexibility index (Phi) is 5.19. The van der Waals surface area contributed by atoms with E-state index in [1.807, 2.05) is 22.8 Å². The summed E-state index contributed by atoms with van der Waals surface area (Å²) in [6.07, 6.45) is 3.97. The summed E-state index contributed by atoms with van der Waals surface area (Å²) in [5.41, 5.74) is 7.19. The number of hydrogen-bond donors (Lipinski definition) is 2. The fourth-order valence-electron chi connectivity index (χ4n) is 2.77. The number of benzene rings is 1. The predicted molar refractivity (Wildman–Crippen MR) is 108 cm³/mol. The number of nitrogens with two attached hydrogens (primary N) is 1. The molecule has 1 aliphatic carbocycles. The van der Waals surface area contributed by atoms with E-state index in [9.17, 15) is 4.57 Å². The number of fused-ring (bicyclic) bond motifs is 1. The van der Waals surface area contributed by atoms with Gasteiger partial charge in [-0.1, -0.05) is 18.2 Å². The lowest BCUT2D eigenvalue weighted by Gasteiger charge is -2.15. The molecule has 1 unspecified atom stereocenters. The molecule has 10 heteroatoms. The average Bonchev–Trinajstić information content (AvgIpc) is 3.37. The molecule has 9 nitrogen and oxygen atoms in total. The molecule has 2 heterocycles. The van der Waals surface area contributed by atoms with Crippen LogP contribution in [0, 0.1) is 0 Å². The van der Waals surface area contributed by atoms with Crippen molar-refractivity contribution in [3.63, 3.8) is 0 Å². The molecule has 3 N–H and O–H groups in total. The molecule has 3 aromatic rings. The highest BCUT2D eigenvalue weighted by molar-refractivity contribution is 7.58. The van der Waals surface area contributed by atoms with Crippen LogP contribution in [0.25, 0.3) is 11.2 Å². The van der Waals surface area contributed by atoms with Crippen molar-refractivity contribution in [1.82, 2.24) is 19.5 Å². The molecule has 1 saturated carbocycles. The topological polar surface area (TPSA) is 117 Å². The van der Waals surface area contributed by atoms with Gasteiger partial charge in [0.25, 0.3) is 7.37 Å². The lowest BCUT2D eigenvalue weighted by atomic mass is 10.3. The molecule has 1 aliphatic rings. The van der Waals surface area contributed by atoms with Gasteiger partial charge in [0.05, 0.1) is 12.9 Å². The van der Waals surface area contributed by atoms with E-state index in [4.69, 9.17) is 15.0 Å². The molecule has 4 rings (SSSR count). The van der Waals surface area contributed by atoms with Crippen molar-refractivity contribution < 1.29 is 13.8 Å². The number of nitrogen functional groups attached to an aromatic ring is 1. The molecular weight excluding hydrogens is 379 g/mol. The summed E-state index contributed by atoms with van der Waals surface area (Å²) >= 11 is 0. The van der Waals surface area contributed by atoms with Gasteiger partial charge in [-0.2, -0.15) is 9.97 Å². The second kappa shape index (κ2) is 7.77. The van der Waals surface area contributed by atoms with Crippen molar-refractivity contribution in [3.05, 3.63) is 36.7 Å². The normalized spacial score (nSPS) is 16.0. The van der Waals surface area contributed by atoms with Crippen molar-refractivity contribution in [1.29, 1.82) is 0 Å². The van der Waals surface area contributed by atoms with Crippen LogP contribution < -0.4 is 15.6 Å². The maximum absolute atomic E-state index is 12.5. The van der Waals surface area contributed by atoms with E-state index < -0.39 is 7.37 Å². The summed E-state index contributed by atoms with van der Waals surface area (Å²) in [5, 5.41) is 3.33. The van der Waals surface area contributed by atoms with Crippen LogP contribution in [0.5, 0.6) is 5.75 Å². The molecule has 0 bridgehead atoms. The van der Waals surface area contributed by atoms with E-state index in [0.717, 1.165) is 12.8 Å². The molecule has 28 heavy (non-hydrogen) atoms. The first-order chi connectivity index (χ1) is 13.5. The summed E-state index contributed by atoms with van der Waals surface area (Å²) in [6, 6.07) is 9.52. The molecule has 1 atom stereocenters. The van der Waals surface area contributed by atoms with Gasteiger partial charge in [-0.15, -0.1) is 0 Å². The van der Waals surface area contributed by atoms with Gasteiger partial charge in [0, 0.05) is 19.3 Å². The number of nitrogens with one attached hydrogen (secondary N) is 1. The molecule has 2 aromatic heterocycles. The van der Waals surface area contributed by atoms with Gasteiger partial charge in [-0.3, -0.25) is 4.57 Å². The van der Waals surface area contributed by atoms with Crippen LogP contribution in [0.3, 0.4) is 0 Å². The predicted octanol–water partition coefficient (Wildman–Crippen LogP) is 2.94. The Hall–Kier alpha value is -2.64. The van der Waals surface area contributed by atoms with Crippen LogP contribution in [0.15, 0.2) is 36.7 Å². The van der Waals surface area contributed by atoms with Crippen LogP contribution in [-0.2, 0) is 15.8 Å². The Bertz CT molecular complexity index is 1010. The van der Waals surface area contributed by atoms with Gasteiger partial charge < -0.3 is 24.9 Å². The van der Waals surface area contributed by atoms with E-state index >= 15 is 0 Å². The van der Waals surface area contributed by atoms with E-state index in [0.29, 0.717) is 41.9 Å². The highest BCUT2D eigenvalue weighted by Gasteiger charge is 2.24. The number of ether oxygens (including phenoxy) is 1. The highest BCUT2D eigenvalue weighted by atomic mass is 31.2. The smallest absolute Gasteiger partial charge is 0.269 e. The Morgan fingerprint density at radius 2 is 2.07 bits per heavy atom. The van der Waals surface area contributed by atoms with E-state index in [2.05, 4.69) is 20.3 Å². The Morgan fingerprint density at radius 3 is 2.82 bits per heavy atom. The first kappa shape index (κ1) is 18.7. The van der Waals surface area contributed by atoms with Crippen LogP contribution in [0.2, 0.25) is 0 Å². The Morgan fingerprint density at radius 1 is 1.29 bits per heavy atom. The number of para-hydroxylation sites is 1. The largest absolute Gasteiger partial charge is 0.441 e. The standard InChI is InChI=1S/C18H23N6O3P/c1-28(25,27-14-5-3-2-4-6-14)12-26-10-9-24-11-20-15-16(21-13-7-8-13)22-18(19)23-17(15)24/h2-6,11,13H,7-10,12H2,1H3,(H3,19,21,22,23). The monoisotopic (exact) mass is 402 g/mol. The van der Waals surface area contributed by atoms with Crippen LogP contribution >= 0.6 is 7.37 Å². The summed E-state index contributed by atoms with van der Waals surface area (Å²) in [5.74, 6) is 1.44. The fourth-order valence-corrected chi connectivity index (χ4v) is 3.85. The SMILES string of the molecule is CP(=O)(COCCn1cnc2c(NC3CC3)nc(N)nc21)Oc1ccccc1. The quantitative estimate of drug-likeness (QED) is 0.414. The second-order valence-corrected chi connectivity index (χ2v) is 9.38. The van der Waals surface area contributed by atoms with E-state index in [1.54, 1.807) is 25.1 Å². The molecule has 0 amide bonds. The second-order valence-electron chi connectivity index (χ2n) is 6.91. The first-order valence-corrected chi connectivity index (χ1v) is 11.4. The maximum Gasteiger partial charge on any atom is 0.269 e. The van der Waals surface area contributed by atoms with Gasteiger partial charge >= 0.3 is 0 Å². The van der Waals surface area contributed by atoms with Crippen molar-refractivity contribution in [3.8, 4) is 5.75 Å². The maximum atomic E-state index is 12.5. The number of anilines is 2. The minimum atomic E-state index is -2.90. The van der Waals surface area contributed by atoms with Crippen molar-refractivity contribution in [2.45, 2.75) is 25.4 Å². The van der Waals surface area contributed by atoms with Crippen molar-refractivity contribution >= 4 is 30.3 Å². The van der Waals surface area contributed by atoms with Gasteiger partial charge in [0.1, 0.15) is 12.1 Å². The number of rotatable bonds is 9. The first-order valence-electron chi connectivity index (χ1n) is 9.14. The van der Waals surface area contributed by atoms with Gasteiger partial charge in [0.15, 0.2) is 17.0 Å². The van der Waals surface area contributed by atoms with Gasteiger partial charge in [0.2, 0.25) is 5.95 Å². The molecule has 0 saturated heterocycles. The van der Waals surface area contributed by atoms with Crippen molar-refractivity contribution in [2.75, 3.05) is 30.7 Å². The highest BCUT2D eigenvalue weighted by Crippen LogP contribution is 2.42. The third-order valence-electron chi connectivity index (χ3n) is 4.24. The molecule has 0 spiro atoms. The lowest BCUT2D eigenvalue weighted by Crippen LogP contribution is -2.10. The zero-order chi connectivity index (χ0) is 19.6. The summed E-state index contributed by atoms with van der Waals surface area (Å²) in [7, 11) is -2.90. The molecular formula is C18H23N6O3P. The van der Waals surface area contributed by atoms with Crippen molar-refractivity contribution in [2.24, 2.45) is 0 Å². The minimum absolute atomic E-state index is 0.0279. The average molecular weight is 402 g/mol. The number of imidazole rings is 1. The fraction of sp³-hybridized carbons (Fsp3) is 0.389. The number of aromatic nitrogens is 4. The lowest BCUT2D eigenvalue weighted by molar-refractivity contribution is 0.161. The number of hydrogen-bond acceptors (Lipinski definition) is 8. The zero-order valence-electron chi connectivity index (χ0n) is 15.6. The van der Waals surface area contributed by atoms with E-state index in [-0.39, 0.29) is 12.3 Å². The Balaban J connectivity index is 1.35. The summed E-state index contributed by atoms with van der Waals surface area (Å²) in [6.45, 7) is 2.41. The molecule has 1 fully saturated rings. The molecule has 0 aliphatic heterocycles. The van der Waals surface area contributed by atoms with Crippen LogP contribution in [-0.4, -0.2) is 45.2 Å². The molecule has 148 valence electrons. The summed E-state index contributed by atoms with van der Waals surface area (Å²) in [4.78, 5) is 13.0. The van der Waals surface area contributed by atoms with Gasteiger partial charge in [-0.05, 0) is 25.0 Å². The summed E-state index contributed by atoms with van der Waals surface area (Å²) < 4.78 is 25.5. The van der Waals surface area contributed by atoms with Gasteiger partial charge in [-0.25, -0.2) is 4.98 Å². The Labute approximate surface area is 162 Å².